The van der Waals surface area contributed by atoms with Crippen LogP contribution in [-0.4, -0.2) is 41.9 Å². The van der Waals surface area contributed by atoms with Gasteiger partial charge in [0, 0.05) is 6.54 Å². The number of hydrogen-bond acceptors (Lipinski definition) is 5. The minimum Gasteiger partial charge on any atom is -0.370 e. The van der Waals surface area contributed by atoms with E-state index in [4.69, 9.17) is 17.2 Å². The number of rotatable bonds is 12. The van der Waals surface area contributed by atoms with Gasteiger partial charge in [0.05, 0.1) is 11.7 Å². The predicted molar refractivity (Wildman–Crippen MR) is 116 cm³/mol. The first-order valence-electron chi connectivity index (χ1n) is 9.29. The normalized spacial score (nSPS) is 14.0. The Hall–Kier alpha value is -2.26. The number of nitrogens with zero attached hydrogens (tertiary/aromatic N) is 1. The molecule has 0 aliphatic heterocycles. The van der Waals surface area contributed by atoms with Crippen LogP contribution in [0.3, 0.4) is 0 Å². The van der Waals surface area contributed by atoms with Gasteiger partial charge in [-0.3, -0.25) is 9.59 Å². The van der Waals surface area contributed by atoms with Gasteiger partial charge in [-0.25, -0.2) is 4.99 Å². The number of hydrogen-bond donors (Lipinski definition) is 5. The van der Waals surface area contributed by atoms with Crippen molar-refractivity contribution in [1.82, 2.24) is 10.6 Å². The Morgan fingerprint density at radius 2 is 1.82 bits per heavy atom. The van der Waals surface area contributed by atoms with E-state index in [1.807, 2.05) is 32.2 Å². The molecule has 1 aromatic rings. The van der Waals surface area contributed by atoms with Crippen LogP contribution in [0.2, 0.25) is 0 Å². The van der Waals surface area contributed by atoms with Crippen LogP contribution in [0.15, 0.2) is 29.3 Å². The van der Waals surface area contributed by atoms with E-state index in [1.54, 1.807) is 23.9 Å². The number of thioether (sulfide) groups is 1. The van der Waals surface area contributed by atoms with Gasteiger partial charge in [-0.1, -0.05) is 32.4 Å². The number of aliphatic imine (C=N–C) groups is 1. The minimum atomic E-state index is -0.671. The van der Waals surface area contributed by atoms with Gasteiger partial charge >= 0.3 is 0 Å². The Bertz CT molecular complexity index is 661. The van der Waals surface area contributed by atoms with Crippen molar-refractivity contribution in [2.24, 2.45) is 28.1 Å². The molecule has 0 bridgehead atoms. The monoisotopic (exact) mass is 408 g/mol. The van der Waals surface area contributed by atoms with E-state index in [1.165, 1.54) is 0 Å². The number of amides is 2. The van der Waals surface area contributed by atoms with Gasteiger partial charge in [0.25, 0.3) is 0 Å². The Morgan fingerprint density at radius 3 is 2.32 bits per heavy atom. The molecule has 2 amide bonds. The number of benzene rings is 1. The summed E-state index contributed by atoms with van der Waals surface area (Å²) in [5, 5.41) is 6.08. The molecule has 8 N–H and O–H groups in total. The smallest absolute Gasteiger partial charge is 0.240 e. The van der Waals surface area contributed by atoms with Gasteiger partial charge in [-0.05, 0) is 42.0 Å². The van der Waals surface area contributed by atoms with E-state index >= 15 is 0 Å². The first-order valence-corrected chi connectivity index (χ1v) is 10.7. The zero-order valence-electron chi connectivity index (χ0n) is 16.8. The molecule has 0 unspecified atom stereocenters. The lowest BCUT2D eigenvalue weighted by Gasteiger charge is -2.25. The summed E-state index contributed by atoms with van der Waals surface area (Å²) in [5.41, 5.74) is 17.9. The lowest BCUT2D eigenvalue weighted by molar-refractivity contribution is -0.129. The highest BCUT2D eigenvalue weighted by Gasteiger charge is 2.27. The van der Waals surface area contributed by atoms with Crippen LogP contribution in [0.25, 0.3) is 0 Å². The summed E-state index contributed by atoms with van der Waals surface area (Å²) >= 11 is 1.66. The summed E-state index contributed by atoms with van der Waals surface area (Å²) in [6.45, 7) is 4.36. The fourth-order valence-electron chi connectivity index (χ4n) is 2.62. The first-order chi connectivity index (χ1) is 13.3. The van der Waals surface area contributed by atoms with Crippen molar-refractivity contribution in [3.8, 4) is 0 Å². The standard InChI is InChI=1S/C19H32N6O2S/c1-4-12(2)16(17(20)26)25-18(27)15(9-10-28-3)23-11-13-5-7-14(8-6-13)24-19(21)22/h5-8,12,15-16,23H,4,9-11H2,1-3H3,(H2,20,26)(H,25,27)(H4,21,22,24)/t12-,15+,16-/m1/s1. The molecule has 1 rings (SSSR count). The number of carbonyl (C=O) groups is 2. The maximum absolute atomic E-state index is 12.7. The van der Waals surface area contributed by atoms with Crippen LogP contribution in [0.1, 0.15) is 32.3 Å². The Kier molecular flexibility index (Phi) is 10.4. The molecule has 28 heavy (non-hydrogen) atoms. The van der Waals surface area contributed by atoms with Crippen molar-refractivity contribution in [1.29, 1.82) is 0 Å². The molecule has 1 aromatic carbocycles. The largest absolute Gasteiger partial charge is 0.370 e. The second-order valence-electron chi connectivity index (χ2n) is 6.69. The van der Waals surface area contributed by atoms with Crippen LogP contribution in [0, 0.1) is 5.92 Å². The third kappa shape index (κ3) is 8.18. The maximum Gasteiger partial charge on any atom is 0.240 e. The molecule has 0 saturated heterocycles. The second kappa shape index (κ2) is 12.2. The molecule has 0 spiro atoms. The molecule has 3 atom stereocenters. The molecule has 0 radical (unpaired) electrons. The maximum atomic E-state index is 12.7. The van der Waals surface area contributed by atoms with E-state index in [0.29, 0.717) is 18.7 Å². The average molecular weight is 409 g/mol. The van der Waals surface area contributed by atoms with E-state index in [9.17, 15) is 9.59 Å². The summed E-state index contributed by atoms with van der Waals surface area (Å²) < 4.78 is 0. The van der Waals surface area contributed by atoms with E-state index in [0.717, 1.165) is 17.7 Å². The van der Waals surface area contributed by atoms with Crippen molar-refractivity contribution in [3.63, 3.8) is 0 Å². The number of guanidine groups is 1. The topological polar surface area (TPSA) is 149 Å². The molecule has 156 valence electrons. The zero-order chi connectivity index (χ0) is 21.1. The number of carbonyl (C=O) groups excluding carboxylic acids is 2. The van der Waals surface area contributed by atoms with E-state index < -0.39 is 18.0 Å². The summed E-state index contributed by atoms with van der Waals surface area (Å²) in [5.74, 6) is 0.0756. The van der Waals surface area contributed by atoms with Crippen LogP contribution >= 0.6 is 11.8 Å². The average Bonchev–Trinajstić information content (AvgIpc) is 2.65. The third-order valence-corrected chi connectivity index (χ3v) is 5.14. The molecule has 0 aliphatic carbocycles. The summed E-state index contributed by atoms with van der Waals surface area (Å²) in [7, 11) is 0. The SMILES string of the molecule is CC[C@@H](C)[C@@H](NC(=O)[C@H](CCSC)NCc1ccc(N=C(N)N)cc1)C(N)=O. The van der Waals surface area contributed by atoms with Crippen molar-refractivity contribution in [2.45, 2.75) is 45.3 Å². The molecule has 0 aliphatic rings. The predicted octanol–water partition coefficient (Wildman–Crippen LogP) is 0.819. The zero-order valence-corrected chi connectivity index (χ0v) is 17.6. The molecule has 9 heteroatoms. The quantitative estimate of drug-likeness (QED) is 0.255. The van der Waals surface area contributed by atoms with Crippen LogP contribution in [0.4, 0.5) is 5.69 Å². The van der Waals surface area contributed by atoms with Crippen LogP contribution in [-0.2, 0) is 16.1 Å². The van der Waals surface area contributed by atoms with Gasteiger partial charge in [0.1, 0.15) is 6.04 Å². The lowest BCUT2D eigenvalue weighted by atomic mass is 9.98. The number of nitrogens with one attached hydrogen (secondary N) is 2. The van der Waals surface area contributed by atoms with Gasteiger partial charge in [-0.2, -0.15) is 11.8 Å². The molecular formula is C19H32N6O2S. The van der Waals surface area contributed by atoms with Gasteiger partial charge in [0.15, 0.2) is 5.96 Å². The Labute approximate surface area is 171 Å². The van der Waals surface area contributed by atoms with Gasteiger partial charge < -0.3 is 27.8 Å². The summed E-state index contributed by atoms with van der Waals surface area (Å²) in [6.07, 6.45) is 3.38. The van der Waals surface area contributed by atoms with Gasteiger partial charge in [-0.15, -0.1) is 0 Å². The van der Waals surface area contributed by atoms with Crippen molar-refractivity contribution in [2.75, 3.05) is 12.0 Å². The Balaban J connectivity index is 2.77. The van der Waals surface area contributed by atoms with Crippen LogP contribution < -0.4 is 27.8 Å². The van der Waals surface area contributed by atoms with E-state index in [-0.39, 0.29) is 17.8 Å². The molecule has 0 fully saturated rings. The molecule has 0 saturated carbocycles. The van der Waals surface area contributed by atoms with Crippen molar-refractivity contribution < 1.29 is 9.59 Å². The molecular weight excluding hydrogens is 376 g/mol. The number of nitrogens with two attached hydrogens (primary N) is 3. The van der Waals surface area contributed by atoms with Crippen molar-refractivity contribution in [3.05, 3.63) is 29.8 Å². The second-order valence-corrected chi connectivity index (χ2v) is 7.68. The molecule has 0 aromatic heterocycles. The van der Waals surface area contributed by atoms with Crippen molar-refractivity contribution >= 4 is 35.2 Å². The van der Waals surface area contributed by atoms with E-state index in [2.05, 4.69) is 15.6 Å². The number of primary amides is 1. The van der Waals surface area contributed by atoms with Crippen LogP contribution in [0.5, 0.6) is 0 Å². The fraction of sp³-hybridized carbons (Fsp3) is 0.526. The minimum absolute atomic E-state index is 0.00462. The first kappa shape index (κ1) is 23.8. The lowest BCUT2D eigenvalue weighted by Crippen LogP contribution is -2.54. The molecule has 8 nitrogen and oxygen atoms in total. The molecule has 0 heterocycles. The summed E-state index contributed by atoms with van der Waals surface area (Å²) in [6, 6.07) is 6.30. The Morgan fingerprint density at radius 1 is 1.18 bits per heavy atom. The highest BCUT2D eigenvalue weighted by Crippen LogP contribution is 2.13. The summed E-state index contributed by atoms with van der Waals surface area (Å²) in [4.78, 5) is 28.4. The van der Waals surface area contributed by atoms with Gasteiger partial charge in [0.2, 0.25) is 11.8 Å². The highest BCUT2D eigenvalue weighted by atomic mass is 32.2. The third-order valence-electron chi connectivity index (χ3n) is 4.49. The highest BCUT2D eigenvalue weighted by molar-refractivity contribution is 7.98. The fourth-order valence-corrected chi connectivity index (χ4v) is 3.09.